The Morgan fingerprint density at radius 3 is 2.69 bits per heavy atom. The first-order chi connectivity index (χ1) is 12.6. The van der Waals surface area contributed by atoms with E-state index in [0.717, 1.165) is 51.1 Å². The number of thioether (sulfide) groups is 1. The van der Waals surface area contributed by atoms with Crippen LogP contribution in [0.3, 0.4) is 0 Å². The van der Waals surface area contributed by atoms with E-state index in [0.29, 0.717) is 13.1 Å². The van der Waals surface area contributed by atoms with E-state index in [2.05, 4.69) is 44.8 Å². The highest BCUT2D eigenvalue weighted by Gasteiger charge is 2.25. The maximum atomic E-state index is 10.7. The number of morpholine rings is 1. The van der Waals surface area contributed by atoms with Crippen molar-refractivity contribution in [2.24, 2.45) is 4.99 Å². The van der Waals surface area contributed by atoms with Crippen LogP contribution in [0.2, 0.25) is 0 Å². The van der Waals surface area contributed by atoms with Crippen molar-refractivity contribution in [1.29, 1.82) is 0 Å². The fraction of sp³-hybridized carbons (Fsp3) is 0.632. The number of rotatable bonds is 9. The summed E-state index contributed by atoms with van der Waals surface area (Å²) in [6.45, 7) is 9.70. The number of hydrogen-bond donors (Lipinski definition) is 3. The van der Waals surface area contributed by atoms with Crippen LogP contribution >= 0.6 is 11.8 Å². The molecule has 1 unspecified atom stereocenters. The zero-order valence-electron chi connectivity index (χ0n) is 15.9. The third kappa shape index (κ3) is 8.40. The molecule has 0 bridgehead atoms. The minimum absolute atomic E-state index is 0.367. The van der Waals surface area contributed by atoms with E-state index in [-0.39, 0.29) is 0 Å². The van der Waals surface area contributed by atoms with Gasteiger partial charge in [-0.05, 0) is 26.0 Å². The molecule has 0 spiro atoms. The van der Waals surface area contributed by atoms with Crippen molar-refractivity contribution in [1.82, 2.24) is 15.5 Å². The Morgan fingerprint density at radius 1 is 1.27 bits per heavy atom. The first-order valence-electron chi connectivity index (χ1n) is 9.31. The SMILES string of the molecule is CCNC(=NCC(C)(O)CN1CCOCC1)NCCSc1ccccc1. The summed E-state index contributed by atoms with van der Waals surface area (Å²) in [5, 5.41) is 17.2. The van der Waals surface area contributed by atoms with Crippen molar-refractivity contribution in [2.45, 2.75) is 24.3 Å². The summed E-state index contributed by atoms with van der Waals surface area (Å²) in [6.07, 6.45) is 0. The molecule has 1 saturated heterocycles. The van der Waals surface area contributed by atoms with E-state index in [1.807, 2.05) is 31.7 Å². The van der Waals surface area contributed by atoms with Crippen molar-refractivity contribution >= 4 is 17.7 Å². The Hall–Kier alpha value is -1.28. The average molecular weight is 381 g/mol. The average Bonchev–Trinajstić information content (AvgIpc) is 2.64. The standard InChI is InChI=1S/C19H32N4O2S/c1-3-20-18(21-9-14-26-17-7-5-4-6-8-17)22-15-19(2,24)16-23-10-12-25-13-11-23/h4-8,24H,3,9-16H2,1-2H3,(H2,20,21,22). The molecule has 2 rings (SSSR count). The van der Waals surface area contributed by atoms with Crippen molar-refractivity contribution in [3.63, 3.8) is 0 Å². The summed E-state index contributed by atoms with van der Waals surface area (Å²) in [5.74, 6) is 1.71. The first-order valence-corrected chi connectivity index (χ1v) is 10.3. The van der Waals surface area contributed by atoms with Gasteiger partial charge in [0.05, 0.1) is 25.4 Å². The minimum Gasteiger partial charge on any atom is -0.387 e. The van der Waals surface area contributed by atoms with Gasteiger partial charge in [-0.25, -0.2) is 0 Å². The van der Waals surface area contributed by atoms with Crippen LogP contribution in [0, 0.1) is 0 Å². The first kappa shape index (κ1) is 21.0. The molecule has 0 radical (unpaired) electrons. The Balaban J connectivity index is 1.75. The predicted octanol–water partition coefficient (Wildman–Crippen LogP) is 1.42. The van der Waals surface area contributed by atoms with Crippen LogP contribution in [0.4, 0.5) is 0 Å². The molecule has 1 heterocycles. The Kier molecular flexibility index (Phi) is 9.25. The maximum Gasteiger partial charge on any atom is 0.191 e. The largest absolute Gasteiger partial charge is 0.387 e. The molecule has 0 aromatic heterocycles. The van der Waals surface area contributed by atoms with Gasteiger partial charge in [0.2, 0.25) is 0 Å². The van der Waals surface area contributed by atoms with Crippen LogP contribution in [0.5, 0.6) is 0 Å². The highest BCUT2D eigenvalue weighted by atomic mass is 32.2. The molecule has 0 aliphatic carbocycles. The molecule has 1 aliphatic rings. The van der Waals surface area contributed by atoms with Crippen LogP contribution in [0.25, 0.3) is 0 Å². The van der Waals surface area contributed by atoms with Gasteiger partial charge in [-0.3, -0.25) is 9.89 Å². The predicted molar refractivity (Wildman–Crippen MR) is 109 cm³/mol. The van der Waals surface area contributed by atoms with E-state index in [1.165, 1.54) is 4.90 Å². The van der Waals surface area contributed by atoms with Crippen LogP contribution in [0.15, 0.2) is 40.2 Å². The number of ether oxygens (including phenoxy) is 1. The Labute approximate surface area is 161 Å². The number of aliphatic imine (C=N–C) groups is 1. The molecule has 146 valence electrons. The molecule has 0 saturated carbocycles. The molecule has 1 aromatic rings. The van der Waals surface area contributed by atoms with E-state index < -0.39 is 5.60 Å². The fourth-order valence-electron chi connectivity index (χ4n) is 2.74. The summed E-state index contributed by atoms with van der Waals surface area (Å²) in [6, 6.07) is 10.4. The van der Waals surface area contributed by atoms with Gasteiger partial charge in [0.25, 0.3) is 0 Å². The zero-order chi connectivity index (χ0) is 18.7. The number of nitrogens with one attached hydrogen (secondary N) is 2. The van der Waals surface area contributed by atoms with Crippen molar-refractivity contribution in [3.8, 4) is 0 Å². The van der Waals surface area contributed by atoms with Gasteiger partial charge >= 0.3 is 0 Å². The van der Waals surface area contributed by atoms with Gasteiger partial charge in [0, 0.05) is 43.4 Å². The van der Waals surface area contributed by atoms with Gasteiger partial charge in [0.15, 0.2) is 5.96 Å². The van der Waals surface area contributed by atoms with Crippen LogP contribution in [0.1, 0.15) is 13.8 Å². The summed E-state index contributed by atoms with van der Waals surface area (Å²) in [5.41, 5.74) is -0.849. The molecule has 6 nitrogen and oxygen atoms in total. The highest BCUT2D eigenvalue weighted by molar-refractivity contribution is 7.99. The van der Waals surface area contributed by atoms with Gasteiger partial charge in [-0.2, -0.15) is 0 Å². The molecule has 7 heteroatoms. The van der Waals surface area contributed by atoms with Crippen molar-refractivity contribution < 1.29 is 9.84 Å². The topological polar surface area (TPSA) is 69.1 Å². The van der Waals surface area contributed by atoms with Gasteiger partial charge in [0.1, 0.15) is 0 Å². The second kappa shape index (κ2) is 11.4. The third-order valence-corrected chi connectivity index (χ3v) is 5.01. The fourth-order valence-corrected chi connectivity index (χ4v) is 3.53. The second-order valence-electron chi connectivity index (χ2n) is 6.67. The minimum atomic E-state index is -0.849. The van der Waals surface area contributed by atoms with Crippen molar-refractivity contribution in [2.75, 3.05) is 58.2 Å². The molecular weight excluding hydrogens is 348 g/mol. The van der Waals surface area contributed by atoms with Crippen LogP contribution in [-0.4, -0.2) is 79.8 Å². The molecule has 0 amide bonds. The molecule has 1 atom stereocenters. The van der Waals surface area contributed by atoms with Gasteiger partial charge in [-0.1, -0.05) is 18.2 Å². The summed E-state index contributed by atoms with van der Waals surface area (Å²) in [7, 11) is 0. The normalized spacial score (nSPS) is 18.3. The van der Waals surface area contributed by atoms with E-state index in [4.69, 9.17) is 4.74 Å². The van der Waals surface area contributed by atoms with Crippen LogP contribution < -0.4 is 10.6 Å². The Bertz CT molecular complexity index is 534. The molecule has 3 N–H and O–H groups in total. The lowest BCUT2D eigenvalue weighted by molar-refractivity contribution is -0.0179. The van der Waals surface area contributed by atoms with E-state index in [9.17, 15) is 5.11 Å². The molecule has 1 aromatic carbocycles. The number of nitrogens with zero attached hydrogens (tertiary/aromatic N) is 2. The van der Waals surface area contributed by atoms with Gasteiger partial charge in [-0.15, -0.1) is 11.8 Å². The number of β-amino-alcohol motifs (C(OH)–C–C–N with tert-alkyl or cyclic N) is 1. The quantitative estimate of drug-likeness (QED) is 0.261. The maximum absolute atomic E-state index is 10.7. The molecule has 1 aliphatic heterocycles. The Morgan fingerprint density at radius 2 is 2.00 bits per heavy atom. The lowest BCUT2D eigenvalue weighted by atomic mass is 10.1. The molecule has 26 heavy (non-hydrogen) atoms. The van der Waals surface area contributed by atoms with Crippen molar-refractivity contribution in [3.05, 3.63) is 30.3 Å². The number of hydrogen-bond acceptors (Lipinski definition) is 5. The summed E-state index contributed by atoms with van der Waals surface area (Å²) in [4.78, 5) is 8.07. The van der Waals surface area contributed by atoms with E-state index >= 15 is 0 Å². The van der Waals surface area contributed by atoms with E-state index in [1.54, 1.807) is 0 Å². The monoisotopic (exact) mass is 380 g/mol. The molecule has 1 fully saturated rings. The number of guanidine groups is 1. The third-order valence-electron chi connectivity index (χ3n) is 4.00. The summed E-state index contributed by atoms with van der Waals surface area (Å²) < 4.78 is 5.36. The smallest absolute Gasteiger partial charge is 0.191 e. The molecular formula is C19H32N4O2S. The van der Waals surface area contributed by atoms with Gasteiger partial charge < -0.3 is 20.5 Å². The number of aliphatic hydroxyl groups is 1. The summed E-state index contributed by atoms with van der Waals surface area (Å²) >= 11 is 1.81. The lowest BCUT2D eigenvalue weighted by Crippen LogP contribution is -2.48. The number of benzene rings is 1. The zero-order valence-corrected chi connectivity index (χ0v) is 16.7. The second-order valence-corrected chi connectivity index (χ2v) is 7.84. The highest BCUT2D eigenvalue weighted by Crippen LogP contribution is 2.15. The van der Waals surface area contributed by atoms with Crippen LogP contribution in [-0.2, 0) is 4.74 Å². The lowest BCUT2D eigenvalue weighted by Gasteiger charge is -2.33.